The maximum Gasteiger partial charge on any atom is 0.227 e. The van der Waals surface area contributed by atoms with E-state index in [2.05, 4.69) is 0 Å². The van der Waals surface area contributed by atoms with Gasteiger partial charge in [0.1, 0.15) is 5.82 Å². The average Bonchev–Trinajstić information content (AvgIpc) is 3.19. The Bertz CT molecular complexity index is 527. The zero-order valence-electron chi connectivity index (χ0n) is 11.9. The third-order valence-electron chi connectivity index (χ3n) is 4.55. The molecule has 2 aliphatic rings. The van der Waals surface area contributed by atoms with Gasteiger partial charge in [0.05, 0.1) is 12.5 Å². The summed E-state index contributed by atoms with van der Waals surface area (Å²) in [5, 5.41) is 0.379. The van der Waals surface area contributed by atoms with E-state index in [4.69, 9.17) is 17.3 Å². The van der Waals surface area contributed by atoms with Gasteiger partial charge in [-0.05, 0) is 37.8 Å². The van der Waals surface area contributed by atoms with Gasteiger partial charge in [-0.15, -0.1) is 0 Å². The minimum absolute atomic E-state index is 0.0603. The summed E-state index contributed by atoms with van der Waals surface area (Å²) in [5.74, 6) is -0.394. The van der Waals surface area contributed by atoms with Crippen molar-refractivity contribution in [3.05, 3.63) is 34.6 Å². The zero-order chi connectivity index (χ0) is 15.0. The van der Waals surface area contributed by atoms with E-state index in [9.17, 15) is 9.18 Å². The smallest absolute Gasteiger partial charge is 0.227 e. The molecule has 2 aliphatic carbocycles. The first kappa shape index (κ1) is 14.8. The molecule has 1 amide bonds. The molecular formula is C16H20ClFN2O. The second kappa shape index (κ2) is 5.93. The molecule has 1 aromatic rings. The van der Waals surface area contributed by atoms with Crippen LogP contribution in [0.15, 0.2) is 18.2 Å². The van der Waals surface area contributed by atoms with E-state index < -0.39 is 0 Å². The third-order valence-corrected chi connectivity index (χ3v) is 4.90. The van der Waals surface area contributed by atoms with Gasteiger partial charge >= 0.3 is 0 Å². The number of hydrogen-bond donors (Lipinski definition) is 1. The SMILES string of the molecule is NC1CCCC1C(=O)N(Cc1c(F)cccc1Cl)C1CC1. The van der Waals surface area contributed by atoms with Gasteiger partial charge in [0.15, 0.2) is 0 Å². The molecule has 3 rings (SSSR count). The predicted octanol–water partition coefficient (Wildman–Crippen LogP) is 3.10. The molecule has 0 heterocycles. The summed E-state index contributed by atoms with van der Waals surface area (Å²) >= 11 is 6.09. The Morgan fingerprint density at radius 1 is 1.33 bits per heavy atom. The highest BCUT2D eigenvalue weighted by Gasteiger charge is 2.39. The molecule has 2 N–H and O–H groups in total. The van der Waals surface area contributed by atoms with E-state index in [0.29, 0.717) is 10.6 Å². The first-order chi connectivity index (χ1) is 10.1. The summed E-state index contributed by atoms with van der Waals surface area (Å²) in [7, 11) is 0. The van der Waals surface area contributed by atoms with Crippen LogP contribution in [-0.4, -0.2) is 22.9 Å². The van der Waals surface area contributed by atoms with E-state index in [-0.39, 0.29) is 36.3 Å². The van der Waals surface area contributed by atoms with Crippen molar-refractivity contribution in [3.63, 3.8) is 0 Å². The topological polar surface area (TPSA) is 46.3 Å². The van der Waals surface area contributed by atoms with Crippen LogP contribution in [0.5, 0.6) is 0 Å². The molecule has 114 valence electrons. The first-order valence-electron chi connectivity index (χ1n) is 7.57. The van der Waals surface area contributed by atoms with Crippen molar-refractivity contribution in [1.29, 1.82) is 0 Å². The predicted molar refractivity (Wildman–Crippen MR) is 80.3 cm³/mol. The lowest BCUT2D eigenvalue weighted by molar-refractivity contribution is -0.137. The van der Waals surface area contributed by atoms with E-state index >= 15 is 0 Å². The van der Waals surface area contributed by atoms with Gasteiger partial charge in [-0.3, -0.25) is 4.79 Å². The van der Waals surface area contributed by atoms with E-state index in [1.54, 1.807) is 17.0 Å². The van der Waals surface area contributed by atoms with E-state index in [1.165, 1.54) is 6.07 Å². The largest absolute Gasteiger partial charge is 0.335 e. The van der Waals surface area contributed by atoms with E-state index in [1.807, 2.05) is 0 Å². The summed E-state index contributed by atoms with van der Waals surface area (Å²) in [6.45, 7) is 0.248. The number of rotatable bonds is 4. The number of amides is 1. The number of carbonyl (C=O) groups is 1. The fourth-order valence-corrected chi connectivity index (χ4v) is 3.36. The summed E-state index contributed by atoms with van der Waals surface area (Å²) in [4.78, 5) is 14.5. The minimum atomic E-state index is -0.350. The quantitative estimate of drug-likeness (QED) is 0.929. The lowest BCUT2D eigenvalue weighted by atomic mass is 10.0. The standard InChI is InChI=1S/C16H20ClFN2O/c17-13-4-2-5-14(18)12(13)9-20(10-7-8-10)16(21)11-3-1-6-15(11)19/h2,4-5,10-11,15H,1,3,6-9,19H2. The van der Waals surface area contributed by atoms with Crippen LogP contribution in [0.25, 0.3) is 0 Å². The molecular weight excluding hydrogens is 291 g/mol. The number of benzene rings is 1. The van der Waals surface area contributed by atoms with Gasteiger partial charge in [0.25, 0.3) is 0 Å². The Hall–Kier alpha value is -1.13. The van der Waals surface area contributed by atoms with Crippen molar-refractivity contribution < 1.29 is 9.18 Å². The van der Waals surface area contributed by atoms with Gasteiger partial charge in [0, 0.05) is 22.7 Å². The zero-order valence-corrected chi connectivity index (χ0v) is 12.7. The van der Waals surface area contributed by atoms with Crippen molar-refractivity contribution in [1.82, 2.24) is 4.90 Å². The second-order valence-corrected chi connectivity index (χ2v) is 6.51. The normalized spacial score (nSPS) is 25.1. The Balaban J connectivity index is 1.80. The molecule has 0 radical (unpaired) electrons. The highest BCUT2D eigenvalue weighted by atomic mass is 35.5. The molecule has 2 atom stereocenters. The molecule has 5 heteroatoms. The molecule has 21 heavy (non-hydrogen) atoms. The van der Waals surface area contributed by atoms with Crippen molar-refractivity contribution >= 4 is 17.5 Å². The number of nitrogens with zero attached hydrogens (tertiary/aromatic N) is 1. The van der Waals surface area contributed by atoms with Crippen LogP contribution in [0.2, 0.25) is 5.02 Å². The van der Waals surface area contributed by atoms with Gasteiger partial charge in [-0.25, -0.2) is 4.39 Å². The van der Waals surface area contributed by atoms with Crippen molar-refractivity contribution in [3.8, 4) is 0 Å². The summed E-state index contributed by atoms with van der Waals surface area (Å²) in [5.41, 5.74) is 6.45. The molecule has 0 bridgehead atoms. The van der Waals surface area contributed by atoms with Crippen LogP contribution in [-0.2, 0) is 11.3 Å². The third kappa shape index (κ3) is 3.06. The first-order valence-corrected chi connectivity index (χ1v) is 7.94. The molecule has 0 aliphatic heterocycles. The average molecular weight is 311 g/mol. The molecule has 0 saturated heterocycles. The van der Waals surface area contributed by atoms with Crippen molar-refractivity contribution in [2.24, 2.45) is 11.7 Å². The van der Waals surface area contributed by atoms with Crippen LogP contribution < -0.4 is 5.73 Å². The van der Waals surface area contributed by atoms with E-state index in [0.717, 1.165) is 32.1 Å². The lowest BCUT2D eigenvalue weighted by Gasteiger charge is -2.28. The fourth-order valence-electron chi connectivity index (χ4n) is 3.14. The molecule has 2 saturated carbocycles. The van der Waals surface area contributed by atoms with Crippen LogP contribution >= 0.6 is 11.6 Å². The van der Waals surface area contributed by atoms with Gasteiger partial charge in [-0.1, -0.05) is 24.1 Å². The Labute approximate surface area is 129 Å². The molecule has 0 aromatic heterocycles. The fraction of sp³-hybridized carbons (Fsp3) is 0.562. The van der Waals surface area contributed by atoms with Gasteiger partial charge < -0.3 is 10.6 Å². The van der Waals surface area contributed by atoms with Gasteiger partial charge in [-0.2, -0.15) is 0 Å². The lowest BCUT2D eigenvalue weighted by Crippen LogP contribution is -2.42. The number of nitrogens with two attached hydrogens (primary N) is 1. The number of halogens is 2. The highest BCUT2D eigenvalue weighted by Crippen LogP contribution is 2.34. The van der Waals surface area contributed by atoms with Crippen molar-refractivity contribution in [2.45, 2.75) is 50.7 Å². The van der Waals surface area contributed by atoms with Crippen LogP contribution in [0.1, 0.15) is 37.7 Å². The Kier molecular flexibility index (Phi) is 4.18. The summed E-state index contributed by atoms with van der Waals surface area (Å²) < 4.78 is 14.0. The molecule has 3 nitrogen and oxygen atoms in total. The molecule has 1 aromatic carbocycles. The summed E-state index contributed by atoms with van der Waals surface area (Å²) in [6, 6.07) is 4.79. The van der Waals surface area contributed by atoms with Crippen molar-refractivity contribution in [2.75, 3.05) is 0 Å². The van der Waals surface area contributed by atoms with Crippen LogP contribution in [0.3, 0.4) is 0 Å². The van der Waals surface area contributed by atoms with Crippen LogP contribution in [0.4, 0.5) is 4.39 Å². The Morgan fingerprint density at radius 2 is 2.10 bits per heavy atom. The van der Waals surface area contributed by atoms with Crippen LogP contribution in [0, 0.1) is 11.7 Å². The number of hydrogen-bond acceptors (Lipinski definition) is 2. The maximum absolute atomic E-state index is 14.0. The summed E-state index contributed by atoms with van der Waals surface area (Å²) in [6.07, 6.45) is 4.71. The number of carbonyl (C=O) groups excluding carboxylic acids is 1. The molecule has 2 fully saturated rings. The maximum atomic E-state index is 14.0. The monoisotopic (exact) mass is 310 g/mol. The highest BCUT2D eigenvalue weighted by molar-refractivity contribution is 6.31. The molecule has 0 spiro atoms. The second-order valence-electron chi connectivity index (χ2n) is 6.10. The minimum Gasteiger partial charge on any atom is -0.335 e. The molecule has 2 unspecified atom stereocenters. The van der Waals surface area contributed by atoms with Gasteiger partial charge in [0.2, 0.25) is 5.91 Å². The Morgan fingerprint density at radius 3 is 2.67 bits per heavy atom.